The summed E-state index contributed by atoms with van der Waals surface area (Å²) in [5.41, 5.74) is 3.66. The lowest BCUT2D eigenvalue weighted by atomic mass is 10.1. The Kier molecular flexibility index (Phi) is 5.79. The Morgan fingerprint density at radius 2 is 1.65 bits per heavy atom. The maximum Gasteiger partial charge on any atom is 0.269 e. The van der Waals surface area contributed by atoms with Gasteiger partial charge in [0.05, 0.1) is 15.5 Å². The number of nitrogens with zero attached hydrogens (tertiary/aromatic N) is 2. The first-order valence-electron chi connectivity index (χ1n) is 9.31. The lowest BCUT2D eigenvalue weighted by molar-refractivity contribution is -0.384. The minimum atomic E-state index is -0.446. The van der Waals surface area contributed by atoms with Gasteiger partial charge in [0.15, 0.2) is 5.13 Å². The second kappa shape index (κ2) is 8.67. The molecule has 8 heteroatoms. The van der Waals surface area contributed by atoms with E-state index in [9.17, 15) is 14.9 Å². The highest BCUT2D eigenvalue weighted by Crippen LogP contribution is 2.40. The molecule has 0 aliphatic rings. The van der Waals surface area contributed by atoms with Crippen molar-refractivity contribution < 1.29 is 9.72 Å². The summed E-state index contributed by atoms with van der Waals surface area (Å²) in [6.45, 7) is 1.87. The monoisotopic (exact) mass is 449 g/mol. The van der Waals surface area contributed by atoms with Gasteiger partial charge in [-0.05, 0) is 48.4 Å². The zero-order valence-corrected chi connectivity index (χ0v) is 17.9. The van der Waals surface area contributed by atoms with Crippen LogP contribution in [0, 0.1) is 17.0 Å². The summed E-state index contributed by atoms with van der Waals surface area (Å²) in [5, 5.41) is 14.9. The van der Waals surface area contributed by atoms with E-state index < -0.39 is 4.92 Å². The van der Waals surface area contributed by atoms with Crippen LogP contribution in [0.1, 0.15) is 15.9 Å². The lowest BCUT2D eigenvalue weighted by Gasteiger charge is -2.04. The number of hydrogen-bond donors (Lipinski definition) is 1. The van der Waals surface area contributed by atoms with Crippen molar-refractivity contribution in [2.45, 2.75) is 6.92 Å². The SMILES string of the molecule is Cc1ccccc1C(=O)Nc1nc(-c2ccc([N+](=O)[O-])cc2)c(-c2ccc(Cl)cc2)s1. The second-order valence-corrected chi connectivity index (χ2v) is 8.21. The predicted octanol–water partition coefficient (Wildman–Crippen LogP) is 6.60. The van der Waals surface area contributed by atoms with Crippen molar-refractivity contribution in [3.05, 3.63) is 99.1 Å². The van der Waals surface area contributed by atoms with Crippen molar-refractivity contribution in [1.29, 1.82) is 0 Å². The largest absolute Gasteiger partial charge is 0.298 e. The molecule has 1 aromatic heterocycles. The van der Waals surface area contributed by atoms with E-state index in [1.165, 1.54) is 23.5 Å². The number of carbonyl (C=O) groups excluding carboxylic acids is 1. The van der Waals surface area contributed by atoms with E-state index in [0.29, 0.717) is 27.0 Å². The normalized spacial score (nSPS) is 10.6. The van der Waals surface area contributed by atoms with Crippen LogP contribution in [0.4, 0.5) is 10.8 Å². The topological polar surface area (TPSA) is 85.1 Å². The van der Waals surface area contributed by atoms with Crippen LogP contribution >= 0.6 is 22.9 Å². The van der Waals surface area contributed by atoms with Gasteiger partial charge in [-0.3, -0.25) is 20.2 Å². The van der Waals surface area contributed by atoms with Gasteiger partial charge in [-0.1, -0.05) is 53.3 Å². The number of halogens is 1. The molecule has 6 nitrogen and oxygen atoms in total. The van der Waals surface area contributed by atoms with Gasteiger partial charge in [0.25, 0.3) is 11.6 Å². The van der Waals surface area contributed by atoms with Gasteiger partial charge in [-0.15, -0.1) is 0 Å². The summed E-state index contributed by atoms with van der Waals surface area (Å²) in [6.07, 6.45) is 0. The molecule has 31 heavy (non-hydrogen) atoms. The first kappa shape index (κ1) is 20.7. The Morgan fingerprint density at radius 1 is 1.00 bits per heavy atom. The molecule has 0 aliphatic carbocycles. The highest BCUT2D eigenvalue weighted by atomic mass is 35.5. The Labute approximate surface area is 187 Å². The summed E-state index contributed by atoms with van der Waals surface area (Å²) in [5.74, 6) is -0.246. The Balaban J connectivity index is 1.75. The van der Waals surface area contributed by atoms with Crippen LogP contribution in [0.3, 0.4) is 0 Å². The number of anilines is 1. The Morgan fingerprint density at radius 3 is 2.29 bits per heavy atom. The molecule has 4 rings (SSSR count). The molecule has 0 saturated carbocycles. The van der Waals surface area contributed by atoms with Crippen molar-refractivity contribution >= 4 is 39.7 Å². The molecular weight excluding hydrogens is 434 g/mol. The van der Waals surface area contributed by atoms with Gasteiger partial charge in [0.1, 0.15) is 0 Å². The van der Waals surface area contributed by atoms with Gasteiger partial charge in [0.2, 0.25) is 0 Å². The van der Waals surface area contributed by atoms with Gasteiger partial charge >= 0.3 is 0 Å². The van der Waals surface area contributed by atoms with Crippen LogP contribution < -0.4 is 5.32 Å². The first-order valence-corrected chi connectivity index (χ1v) is 10.5. The first-order chi connectivity index (χ1) is 14.9. The van der Waals surface area contributed by atoms with Gasteiger partial charge in [-0.25, -0.2) is 4.98 Å². The fourth-order valence-corrected chi connectivity index (χ4v) is 4.21. The van der Waals surface area contributed by atoms with Crippen LogP contribution in [-0.2, 0) is 0 Å². The van der Waals surface area contributed by atoms with Crippen molar-refractivity contribution in [2.24, 2.45) is 0 Å². The van der Waals surface area contributed by atoms with E-state index in [1.807, 2.05) is 37.3 Å². The van der Waals surface area contributed by atoms with Crippen LogP contribution in [0.25, 0.3) is 21.7 Å². The molecule has 0 bridgehead atoms. The maximum atomic E-state index is 12.8. The van der Waals surface area contributed by atoms with E-state index in [4.69, 9.17) is 11.6 Å². The predicted molar refractivity (Wildman–Crippen MR) is 124 cm³/mol. The maximum absolute atomic E-state index is 12.8. The molecule has 0 radical (unpaired) electrons. The second-order valence-electron chi connectivity index (χ2n) is 6.78. The molecule has 0 unspecified atom stereocenters. The average Bonchev–Trinajstić information content (AvgIpc) is 3.18. The van der Waals surface area contributed by atoms with Gasteiger partial charge in [-0.2, -0.15) is 0 Å². The molecule has 0 spiro atoms. The van der Waals surface area contributed by atoms with E-state index in [-0.39, 0.29) is 11.6 Å². The molecule has 1 N–H and O–H groups in total. The lowest BCUT2D eigenvalue weighted by Crippen LogP contribution is -2.12. The standard InChI is InChI=1S/C23H16ClN3O3S/c1-14-4-2-3-5-19(14)22(28)26-23-25-20(15-8-12-18(13-9-15)27(29)30)21(31-23)16-6-10-17(24)11-7-16/h2-13H,1H3,(H,25,26,28). The summed E-state index contributed by atoms with van der Waals surface area (Å²) >= 11 is 7.36. The molecule has 154 valence electrons. The number of nitro benzene ring substituents is 1. The zero-order chi connectivity index (χ0) is 22.0. The van der Waals surface area contributed by atoms with Crippen molar-refractivity contribution in [3.8, 4) is 21.7 Å². The molecular formula is C23H16ClN3O3S. The average molecular weight is 450 g/mol. The third kappa shape index (κ3) is 4.47. The molecule has 1 amide bonds. The van der Waals surface area contributed by atoms with Crippen molar-refractivity contribution in [1.82, 2.24) is 4.98 Å². The number of rotatable bonds is 5. The molecule has 4 aromatic rings. The Bertz CT molecular complexity index is 1270. The minimum Gasteiger partial charge on any atom is -0.298 e. The van der Waals surface area contributed by atoms with Gasteiger partial charge in [0, 0.05) is 28.3 Å². The number of aromatic nitrogens is 1. The third-order valence-corrected chi connectivity index (χ3v) is 5.97. The molecule has 1 heterocycles. The minimum absolute atomic E-state index is 0.0000941. The van der Waals surface area contributed by atoms with Gasteiger partial charge < -0.3 is 0 Å². The molecule has 0 saturated heterocycles. The Hall–Kier alpha value is -3.55. The fourth-order valence-electron chi connectivity index (χ4n) is 3.10. The number of non-ortho nitro benzene ring substituents is 1. The fraction of sp³-hybridized carbons (Fsp3) is 0.0435. The number of aryl methyl sites for hydroxylation is 1. The summed E-state index contributed by atoms with van der Waals surface area (Å²) in [6, 6.07) is 20.8. The van der Waals surface area contributed by atoms with E-state index in [0.717, 1.165) is 16.0 Å². The van der Waals surface area contributed by atoms with Crippen molar-refractivity contribution in [2.75, 3.05) is 5.32 Å². The number of nitrogens with one attached hydrogen (secondary N) is 1. The third-order valence-electron chi connectivity index (χ3n) is 4.70. The number of benzene rings is 3. The highest BCUT2D eigenvalue weighted by Gasteiger charge is 2.18. The number of thiazole rings is 1. The highest BCUT2D eigenvalue weighted by molar-refractivity contribution is 7.19. The van der Waals surface area contributed by atoms with E-state index >= 15 is 0 Å². The van der Waals surface area contributed by atoms with Crippen LogP contribution in [0.15, 0.2) is 72.8 Å². The molecule has 0 aliphatic heterocycles. The summed E-state index contributed by atoms with van der Waals surface area (Å²) < 4.78 is 0. The van der Waals surface area contributed by atoms with Crippen LogP contribution in [-0.4, -0.2) is 15.8 Å². The van der Waals surface area contributed by atoms with E-state index in [2.05, 4.69) is 10.3 Å². The zero-order valence-electron chi connectivity index (χ0n) is 16.3. The number of hydrogen-bond acceptors (Lipinski definition) is 5. The number of carbonyl (C=O) groups is 1. The molecule has 0 fully saturated rings. The van der Waals surface area contributed by atoms with Crippen LogP contribution in [0.2, 0.25) is 5.02 Å². The van der Waals surface area contributed by atoms with E-state index in [1.54, 1.807) is 30.3 Å². The summed E-state index contributed by atoms with van der Waals surface area (Å²) in [4.78, 5) is 28.8. The smallest absolute Gasteiger partial charge is 0.269 e. The molecule has 0 atom stereocenters. The number of amides is 1. The number of nitro groups is 1. The van der Waals surface area contributed by atoms with Crippen LogP contribution in [0.5, 0.6) is 0 Å². The molecule has 3 aromatic carbocycles. The quantitative estimate of drug-likeness (QED) is 0.274. The van der Waals surface area contributed by atoms with Crippen molar-refractivity contribution in [3.63, 3.8) is 0 Å². The summed E-state index contributed by atoms with van der Waals surface area (Å²) in [7, 11) is 0.